The second-order valence-corrected chi connectivity index (χ2v) is 7.39. The van der Waals surface area contributed by atoms with Crippen LogP contribution in [0.1, 0.15) is 29.7 Å². The summed E-state index contributed by atoms with van der Waals surface area (Å²) < 4.78 is 22.9. The van der Waals surface area contributed by atoms with Crippen LogP contribution in [-0.4, -0.2) is 14.7 Å². The fourth-order valence-electron chi connectivity index (χ4n) is 2.19. The Morgan fingerprint density at radius 3 is 2.24 bits per heavy atom. The van der Waals surface area contributed by atoms with Crippen molar-refractivity contribution in [2.24, 2.45) is 0 Å². The monoisotopic (exact) mass is 303 g/mol. The number of benzene rings is 2. The Kier molecular flexibility index (Phi) is 4.80. The minimum atomic E-state index is -3.13. The lowest BCUT2D eigenvalue weighted by Crippen LogP contribution is -2.18. The van der Waals surface area contributed by atoms with Crippen LogP contribution in [0.5, 0.6) is 0 Å². The predicted molar refractivity (Wildman–Crippen MR) is 86.0 cm³/mol. The van der Waals surface area contributed by atoms with Crippen molar-refractivity contribution in [3.63, 3.8) is 0 Å². The Balaban J connectivity index is 2.04. The zero-order valence-corrected chi connectivity index (χ0v) is 13.4. The van der Waals surface area contributed by atoms with Crippen molar-refractivity contribution >= 4 is 9.84 Å². The van der Waals surface area contributed by atoms with Crippen LogP contribution in [0.25, 0.3) is 0 Å². The van der Waals surface area contributed by atoms with E-state index in [1.807, 2.05) is 24.3 Å². The number of hydrogen-bond acceptors (Lipinski definition) is 3. The maximum Gasteiger partial charge on any atom is 0.175 e. The lowest BCUT2D eigenvalue weighted by molar-refractivity contribution is 0.572. The summed E-state index contributed by atoms with van der Waals surface area (Å²) in [5.74, 6) is 0. The minimum Gasteiger partial charge on any atom is -0.306 e. The van der Waals surface area contributed by atoms with Gasteiger partial charge in [-0.15, -0.1) is 0 Å². The highest BCUT2D eigenvalue weighted by Gasteiger charge is 2.09. The van der Waals surface area contributed by atoms with Crippen molar-refractivity contribution in [2.75, 3.05) is 6.26 Å². The van der Waals surface area contributed by atoms with Crippen LogP contribution in [0.3, 0.4) is 0 Å². The van der Waals surface area contributed by atoms with Gasteiger partial charge in [-0.25, -0.2) is 8.42 Å². The lowest BCUT2D eigenvalue weighted by atomic mass is 10.1. The molecule has 21 heavy (non-hydrogen) atoms. The molecule has 0 amide bonds. The van der Waals surface area contributed by atoms with Gasteiger partial charge < -0.3 is 5.32 Å². The Hall–Kier alpha value is -1.65. The van der Waals surface area contributed by atoms with Crippen LogP contribution in [0.2, 0.25) is 0 Å². The van der Waals surface area contributed by atoms with E-state index in [4.69, 9.17) is 0 Å². The summed E-state index contributed by atoms with van der Waals surface area (Å²) in [6, 6.07) is 15.5. The van der Waals surface area contributed by atoms with E-state index in [0.717, 1.165) is 12.1 Å². The SMILES string of the molecule is Cc1ccccc1CNC(C)c1ccc(S(C)(=O)=O)cc1. The van der Waals surface area contributed by atoms with E-state index in [0.29, 0.717) is 4.90 Å². The molecule has 0 aliphatic carbocycles. The van der Waals surface area contributed by atoms with E-state index in [2.05, 4.69) is 31.3 Å². The van der Waals surface area contributed by atoms with Gasteiger partial charge in [0.15, 0.2) is 9.84 Å². The standard InChI is InChI=1S/C17H21NO2S/c1-13-6-4-5-7-16(13)12-18-14(2)15-8-10-17(11-9-15)21(3,19)20/h4-11,14,18H,12H2,1-3H3. The van der Waals surface area contributed by atoms with Crippen LogP contribution >= 0.6 is 0 Å². The molecule has 2 rings (SSSR count). The van der Waals surface area contributed by atoms with E-state index < -0.39 is 9.84 Å². The smallest absolute Gasteiger partial charge is 0.175 e. The van der Waals surface area contributed by atoms with Crippen LogP contribution in [0, 0.1) is 6.92 Å². The molecule has 0 radical (unpaired) electrons. The molecule has 0 saturated carbocycles. The Morgan fingerprint density at radius 1 is 1.05 bits per heavy atom. The van der Waals surface area contributed by atoms with Gasteiger partial charge in [0.2, 0.25) is 0 Å². The molecule has 1 unspecified atom stereocenters. The Bertz CT molecular complexity index is 706. The molecule has 2 aromatic carbocycles. The summed E-state index contributed by atoms with van der Waals surface area (Å²) in [7, 11) is -3.13. The van der Waals surface area contributed by atoms with E-state index in [-0.39, 0.29) is 6.04 Å². The van der Waals surface area contributed by atoms with Crippen molar-refractivity contribution < 1.29 is 8.42 Å². The van der Waals surface area contributed by atoms with Gasteiger partial charge in [0.25, 0.3) is 0 Å². The van der Waals surface area contributed by atoms with Gasteiger partial charge in [0, 0.05) is 18.8 Å². The average molecular weight is 303 g/mol. The molecule has 1 atom stereocenters. The van der Waals surface area contributed by atoms with E-state index in [9.17, 15) is 8.42 Å². The number of hydrogen-bond donors (Lipinski definition) is 1. The van der Waals surface area contributed by atoms with Crippen LogP contribution in [-0.2, 0) is 16.4 Å². The maximum absolute atomic E-state index is 11.4. The topological polar surface area (TPSA) is 46.2 Å². The quantitative estimate of drug-likeness (QED) is 0.922. The minimum absolute atomic E-state index is 0.165. The first-order valence-corrected chi connectivity index (χ1v) is 8.85. The third-order valence-electron chi connectivity index (χ3n) is 3.67. The summed E-state index contributed by atoms with van der Waals surface area (Å²) >= 11 is 0. The largest absolute Gasteiger partial charge is 0.306 e. The molecule has 0 aliphatic rings. The molecule has 0 saturated heterocycles. The molecule has 0 spiro atoms. The van der Waals surface area contributed by atoms with Crippen LogP contribution < -0.4 is 5.32 Å². The molecular formula is C17H21NO2S. The number of aryl methyl sites for hydroxylation is 1. The molecule has 0 aliphatic heterocycles. The Labute approximate surface area is 126 Å². The Morgan fingerprint density at radius 2 is 1.67 bits per heavy atom. The molecule has 0 heterocycles. The summed E-state index contributed by atoms with van der Waals surface area (Å²) in [6.07, 6.45) is 1.22. The molecule has 0 bridgehead atoms. The normalized spacial score (nSPS) is 13.1. The van der Waals surface area contributed by atoms with Gasteiger partial charge in [0.1, 0.15) is 0 Å². The first-order chi connectivity index (χ1) is 9.88. The van der Waals surface area contributed by atoms with Crippen molar-refractivity contribution in [3.8, 4) is 0 Å². The molecular weight excluding hydrogens is 282 g/mol. The third kappa shape index (κ3) is 4.16. The van der Waals surface area contributed by atoms with Crippen molar-refractivity contribution in [3.05, 3.63) is 65.2 Å². The van der Waals surface area contributed by atoms with Gasteiger partial charge >= 0.3 is 0 Å². The van der Waals surface area contributed by atoms with Gasteiger partial charge in [-0.1, -0.05) is 36.4 Å². The van der Waals surface area contributed by atoms with Gasteiger partial charge in [0.05, 0.1) is 4.90 Å². The number of rotatable bonds is 5. The first-order valence-electron chi connectivity index (χ1n) is 6.96. The van der Waals surface area contributed by atoms with Crippen LogP contribution in [0.15, 0.2) is 53.4 Å². The highest BCUT2D eigenvalue weighted by atomic mass is 32.2. The van der Waals surface area contributed by atoms with Gasteiger partial charge in [-0.3, -0.25) is 0 Å². The zero-order chi connectivity index (χ0) is 15.5. The molecule has 112 valence electrons. The molecule has 0 fully saturated rings. The lowest BCUT2D eigenvalue weighted by Gasteiger charge is -2.15. The van der Waals surface area contributed by atoms with E-state index in [1.165, 1.54) is 17.4 Å². The highest BCUT2D eigenvalue weighted by molar-refractivity contribution is 7.90. The summed E-state index contributed by atoms with van der Waals surface area (Å²) in [5, 5.41) is 3.46. The molecule has 3 nitrogen and oxygen atoms in total. The molecule has 4 heteroatoms. The second kappa shape index (κ2) is 6.41. The van der Waals surface area contributed by atoms with Crippen molar-refractivity contribution in [2.45, 2.75) is 31.3 Å². The average Bonchev–Trinajstić information content (AvgIpc) is 2.45. The maximum atomic E-state index is 11.4. The summed E-state index contributed by atoms with van der Waals surface area (Å²) in [6.45, 7) is 4.97. The number of sulfone groups is 1. The summed E-state index contributed by atoms with van der Waals surface area (Å²) in [5.41, 5.74) is 3.62. The molecule has 2 aromatic rings. The predicted octanol–water partition coefficient (Wildman–Crippen LogP) is 3.25. The van der Waals surface area contributed by atoms with E-state index in [1.54, 1.807) is 12.1 Å². The third-order valence-corrected chi connectivity index (χ3v) is 4.80. The fourth-order valence-corrected chi connectivity index (χ4v) is 2.82. The first kappa shape index (κ1) is 15.7. The van der Waals surface area contributed by atoms with Gasteiger partial charge in [-0.2, -0.15) is 0 Å². The summed E-state index contributed by atoms with van der Waals surface area (Å²) in [4.78, 5) is 0.359. The van der Waals surface area contributed by atoms with Crippen molar-refractivity contribution in [1.82, 2.24) is 5.32 Å². The molecule has 1 N–H and O–H groups in total. The number of nitrogens with one attached hydrogen (secondary N) is 1. The van der Waals surface area contributed by atoms with Crippen LogP contribution in [0.4, 0.5) is 0 Å². The van der Waals surface area contributed by atoms with Crippen molar-refractivity contribution in [1.29, 1.82) is 0 Å². The van der Waals surface area contributed by atoms with Gasteiger partial charge in [-0.05, 0) is 42.7 Å². The second-order valence-electron chi connectivity index (χ2n) is 5.37. The molecule has 0 aromatic heterocycles. The fraction of sp³-hybridized carbons (Fsp3) is 0.294. The van der Waals surface area contributed by atoms with E-state index >= 15 is 0 Å². The highest BCUT2D eigenvalue weighted by Crippen LogP contribution is 2.17. The zero-order valence-electron chi connectivity index (χ0n) is 12.6.